The average molecular weight is 616 g/mol. The standard InChI is InChI=1S/C31H38ClN3O6S/c1-7-27(31(37)33-8-2)34(19-23-9-11-24(32)12-10-23)30(36)20-35(25-16-21(3)15-22(4)17-25)42(38,39)26-13-14-28(40-5)29(18-26)41-6/h9-18,27H,7-8,19-20H2,1-6H3,(H,33,37). The molecular formula is C31H38ClN3O6S. The van der Waals surface area contributed by atoms with E-state index in [2.05, 4.69) is 5.32 Å². The molecule has 0 aromatic heterocycles. The highest BCUT2D eigenvalue weighted by atomic mass is 35.5. The summed E-state index contributed by atoms with van der Waals surface area (Å²) in [6.07, 6.45) is 0.331. The van der Waals surface area contributed by atoms with Crippen LogP contribution in [0.15, 0.2) is 65.6 Å². The minimum absolute atomic E-state index is 0.0767. The van der Waals surface area contributed by atoms with Crippen LogP contribution in [0.3, 0.4) is 0 Å². The molecule has 0 aliphatic heterocycles. The lowest BCUT2D eigenvalue weighted by Gasteiger charge is -2.33. The lowest BCUT2D eigenvalue weighted by atomic mass is 10.1. The zero-order valence-corrected chi connectivity index (χ0v) is 26.4. The van der Waals surface area contributed by atoms with Gasteiger partial charge in [0.15, 0.2) is 11.5 Å². The predicted octanol–water partition coefficient (Wildman–Crippen LogP) is 5.11. The highest BCUT2D eigenvalue weighted by Gasteiger charge is 2.34. The van der Waals surface area contributed by atoms with Crippen LogP contribution in [0.4, 0.5) is 5.69 Å². The van der Waals surface area contributed by atoms with Crippen LogP contribution in [-0.2, 0) is 26.2 Å². The van der Waals surface area contributed by atoms with Gasteiger partial charge in [0.25, 0.3) is 10.0 Å². The number of hydrogen-bond donors (Lipinski definition) is 1. The molecule has 0 spiro atoms. The van der Waals surface area contributed by atoms with Crippen LogP contribution in [0.5, 0.6) is 11.5 Å². The third-order valence-corrected chi connectivity index (χ3v) is 8.74. The van der Waals surface area contributed by atoms with Crippen LogP contribution >= 0.6 is 11.6 Å². The number of amides is 2. The molecule has 3 rings (SSSR count). The van der Waals surface area contributed by atoms with Crippen LogP contribution in [-0.4, -0.2) is 58.5 Å². The first-order valence-corrected chi connectivity index (χ1v) is 15.4. The first-order chi connectivity index (χ1) is 19.9. The van der Waals surface area contributed by atoms with Gasteiger partial charge in [-0.25, -0.2) is 8.42 Å². The Kier molecular flexibility index (Phi) is 11.2. The van der Waals surface area contributed by atoms with Gasteiger partial charge < -0.3 is 19.7 Å². The number of nitrogens with zero attached hydrogens (tertiary/aromatic N) is 2. The normalized spacial score (nSPS) is 11.9. The number of hydrogen-bond acceptors (Lipinski definition) is 6. The lowest BCUT2D eigenvalue weighted by Crippen LogP contribution is -2.52. The number of halogens is 1. The fraction of sp³-hybridized carbons (Fsp3) is 0.355. The SMILES string of the molecule is CCNC(=O)C(CC)N(Cc1ccc(Cl)cc1)C(=O)CN(c1cc(C)cc(C)c1)S(=O)(=O)c1ccc(OC)c(OC)c1. The van der Waals surface area contributed by atoms with E-state index < -0.39 is 28.5 Å². The largest absolute Gasteiger partial charge is 0.493 e. The van der Waals surface area contributed by atoms with Crippen molar-refractivity contribution in [2.45, 2.75) is 51.6 Å². The number of rotatable bonds is 13. The molecule has 3 aromatic carbocycles. The maximum Gasteiger partial charge on any atom is 0.264 e. The Balaban J connectivity index is 2.13. The van der Waals surface area contributed by atoms with E-state index in [1.165, 1.54) is 37.3 Å². The van der Waals surface area contributed by atoms with Crippen molar-refractivity contribution < 1.29 is 27.5 Å². The van der Waals surface area contributed by atoms with Crippen molar-refractivity contribution in [3.8, 4) is 11.5 Å². The van der Waals surface area contributed by atoms with E-state index in [1.807, 2.05) is 26.8 Å². The molecule has 1 unspecified atom stereocenters. The summed E-state index contributed by atoms with van der Waals surface area (Å²) >= 11 is 6.07. The van der Waals surface area contributed by atoms with Crippen molar-refractivity contribution in [3.63, 3.8) is 0 Å². The van der Waals surface area contributed by atoms with E-state index in [0.717, 1.165) is 21.0 Å². The number of benzene rings is 3. The number of anilines is 1. The van der Waals surface area contributed by atoms with Gasteiger partial charge >= 0.3 is 0 Å². The van der Waals surface area contributed by atoms with Gasteiger partial charge in [-0.2, -0.15) is 0 Å². The summed E-state index contributed by atoms with van der Waals surface area (Å²) in [6.45, 7) is 7.26. The molecule has 0 aliphatic carbocycles. The Morgan fingerprint density at radius 1 is 0.905 bits per heavy atom. The third kappa shape index (κ3) is 7.74. The smallest absolute Gasteiger partial charge is 0.264 e. The number of sulfonamides is 1. The monoisotopic (exact) mass is 615 g/mol. The first kappa shape index (κ1) is 32.8. The van der Waals surface area contributed by atoms with Gasteiger partial charge in [-0.3, -0.25) is 13.9 Å². The number of likely N-dealkylation sites (N-methyl/N-ethyl adjacent to an activating group) is 1. The molecule has 0 bridgehead atoms. The molecule has 1 N–H and O–H groups in total. The number of methoxy groups -OCH3 is 2. The van der Waals surface area contributed by atoms with Crippen LogP contribution in [0.1, 0.15) is 37.0 Å². The Morgan fingerprint density at radius 2 is 1.52 bits per heavy atom. The minimum atomic E-state index is -4.28. The van der Waals surface area contributed by atoms with Gasteiger partial charge in [-0.15, -0.1) is 0 Å². The van der Waals surface area contributed by atoms with Crippen molar-refractivity contribution in [1.29, 1.82) is 0 Å². The zero-order chi connectivity index (χ0) is 31.0. The molecule has 0 aliphatic rings. The highest BCUT2D eigenvalue weighted by Crippen LogP contribution is 2.33. The number of aryl methyl sites for hydroxylation is 2. The van der Waals surface area contributed by atoms with E-state index in [-0.39, 0.29) is 23.1 Å². The van der Waals surface area contributed by atoms with Crippen LogP contribution in [0, 0.1) is 13.8 Å². The quantitative estimate of drug-likeness (QED) is 0.286. The van der Waals surface area contributed by atoms with Crippen molar-refractivity contribution in [1.82, 2.24) is 10.2 Å². The van der Waals surface area contributed by atoms with E-state index in [0.29, 0.717) is 29.4 Å². The maximum absolute atomic E-state index is 14.2. The molecule has 42 heavy (non-hydrogen) atoms. The topological polar surface area (TPSA) is 105 Å². The van der Waals surface area contributed by atoms with Gasteiger partial charge in [0.1, 0.15) is 12.6 Å². The third-order valence-electron chi connectivity index (χ3n) is 6.72. The molecular weight excluding hydrogens is 578 g/mol. The van der Waals surface area contributed by atoms with Crippen LogP contribution < -0.4 is 19.1 Å². The van der Waals surface area contributed by atoms with Gasteiger partial charge in [0, 0.05) is 24.2 Å². The van der Waals surface area contributed by atoms with Gasteiger partial charge in [0.2, 0.25) is 11.8 Å². The van der Waals surface area contributed by atoms with E-state index in [4.69, 9.17) is 21.1 Å². The predicted molar refractivity (Wildman–Crippen MR) is 165 cm³/mol. The van der Waals surface area contributed by atoms with Crippen LogP contribution in [0.2, 0.25) is 5.02 Å². The summed E-state index contributed by atoms with van der Waals surface area (Å²) in [6, 6.07) is 15.7. The van der Waals surface area contributed by atoms with Crippen molar-refractivity contribution in [2.24, 2.45) is 0 Å². The first-order valence-electron chi connectivity index (χ1n) is 13.6. The maximum atomic E-state index is 14.2. The molecule has 11 heteroatoms. The van der Waals surface area contributed by atoms with Crippen molar-refractivity contribution in [2.75, 3.05) is 31.6 Å². The van der Waals surface area contributed by atoms with E-state index in [9.17, 15) is 18.0 Å². The van der Waals surface area contributed by atoms with E-state index >= 15 is 0 Å². The Hall–Kier alpha value is -3.76. The number of carbonyl (C=O) groups excluding carboxylic acids is 2. The number of ether oxygens (including phenoxy) is 2. The summed E-state index contributed by atoms with van der Waals surface area (Å²) in [5.41, 5.74) is 2.73. The molecule has 9 nitrogen and oxygen atoms in total. The second-order valence-electron chi connectivity index (χ2n) is 9.84. The second-order valence-corrected chi connectivity index (χ2v) is 12.1. The fourth-order valence-electron chi connectivity index (χ4n) is 4.73. The molecule has 0 saturated heterocycles. The second kappa shape index (κ2) is 14.4. The average Bonchev–Trinajstić information content (AvgIpc) is 2.95. The summed E-state index contributed by atoms with van der Waals surface area (Å²) in [5.74, 6) is -0.251. The molecule has 226 valence electrons. The number of nitrogens with one attached hydrogen (secondary N) is 1. The minimum Gasteiger partial charge on any atom is -0.493 e. The fourth-order valence-corrected chi connectivity index (χ4v) is 6.27. The number of carbonyl (C=O) groups is 2. The molecule has 0 fully saturated rings. The molecule has 0 radical (unpaired) electrons. The summed E-state index contributed by atoms with van der Waals surface area (Å²) in [7, 11) is -1.41. The van der Waals surface area contributed by atoms with Crippen molar-refractivity contribution in [3.05, 3.63) is 82.4 Å². The molecule has 0 saturated carbocycles. The summed E-state index contributed by atoms with van der Waals surface area (Å²) in [4.78, 5) is 28.6. The van der Waals surface area contributed by atoms with Gasteiger partial charge in [-0.1, -0.05) is 36.7 Å². The molecule has 0 heterocycles. The summed E-state index contributed by atoms with van der Waals surface area (Å²) in [5, 5.41) is 3.33. The Morgan fingerprint density at radius 3 is 2.07 bits per heavy atom. The lowest BCUT2D eigenvalue weighted by molar-refractivity contribution is -0.140. The molecule has 2 amide bonds. The molecule has 1 atom stereocenters. The summed E-state index contributed by atoms with van der Waals surface area (Å²) < 4.78 is 40.1. The van der Waals surface area contributed by atoms with Gasteiger partial charge in [0.05, 0.1) is 24.8 Å². The highest BCUT2D eigenvalue weighted by molar-refractivity contribution is 7.92. The van der Waals surface area contributed by atoms with E-state index in [1.54, 1.807) is 43.3 Å². The Labute approximate surface area is 253 Å². The molecule has 3 aromatic rings. The van der Waals surface area contributed by atoms with Gasteiger partial charge in [-0.05, 0) is 80.3 Å². The zero-order valence-electron chi connectivity index (χ0n) is 24.8. The van der Waals surface area contributed by atoms with Crippen LogP contribution in [0.25, 0.3) is 0 Å². The Bertz CT molecular complexity index is 1490. The van der Waals surface area contributed by atoms with Crippen molar-refractivity contribution >= 4 is 39.1 Å².